The standard InChI is InChI=1S/C17H15F3N6O5S/c18-17(19,20)31-10-1-3-11(4-2-10)32(29,30)26-6-5-25(8-12(26)16(27)28)13-7-21-14-15(24-13)23-9-22-14/h1-4,7,9,12H,5-6,8H2,(H,27,28)(H,21,22,23,24)/t12-/m1/s1. The summed E-state index contributed by atoms with van der Waals surface area (Å²) in [5, 5.41) is 9.66. The number of fused-ring (bicyclic) bond motifs is 1. The Hall–Kier alpha value is -3.46. The molecule has 1 aromatic carbocycles. The topological polar surface area (TPSA) is 142 Å². The van der Waals surface area contributed by atoms with Gasteiger partial charge < -0.3 is 19.7 Å². The van der Waals surface area contributed by atoms with Gasteiger partial charge in [-0.1, -0.05) is 0 Å². The fourth-order valence-electron chi connectivity index (χ4n) is 3.28. The van der Waals surface area contributed by atoms with Crippen molar-refractivity contribution in [3.63, 3.8) is 0 Å². The summed E-state index contributed by atoms with van der Waals surface area (Å²) in [5.41, 5.74) is 0.772. The zero-order valence-electron chi connectivity index (χ0n) is 16.0. The first-order chi connectivity index (χ1) is 15.0. The molecule has 15 heteroatoms. The van der Waals surface area contributed by atoms with E-state index in [1.165, 1.54) is 12.5 Å². The number of nitrogens with one attached hydrogen (secondary N) is 1. The molecule has 1 aliphatic heterocycles. The van der Waals surface area contributed by atoms with E-state index in [4.69, 9.17) is 0 Å². The van der Waals surface area contributed by atoms with Crippen molar-refractivity contribution in [1.82, 2.24) is 24.2 Å². The number of aromatic nitrogens is 4. The van der Waals surface area contributed by atoms with Gasteiger partial charge in [0.15, 0.2) is 11.3 Å². The molecule has 3 heterocycles. The molecule has 0 bridgehead atoms. The van der Waals surface area contributed by atoms with Crippen molar-refractivity contribution in [3.8, 4) is 5.75 Å². The molecule has 2 aromatic heterocycles. The van der Waals surface area contributed by atoms with Crippen LogP contribution in [0.2, 0.25) is 0 Å². The maximum atomic E-state index is 13.0. The summed E-state index contributed by atoms with van der Waals surface area (Å²) in [4.78, 5) is 28.3. The Balaban J connectivity index is 1.57. The van der Waals surface area contributed by atoms with Gasteiger partial charge in [0.05, 0.1) is 17.4 Å². The number of hydrogen-bond acceptors (Lipinski definition) is 8. The molecule has 0 saturated carbocycles. The molecule has 3 aromatic rings. The molecular formula is C17H15F3N6O5S. The number of imidazole rings is 1. The smallest absolute Gasteiger partial charge is 0.480 e. The molecule has 1 saturated heterocycles. The zero-order chi connectivity index (χ0) is 23.1. The quantitative estimate of drug-likeness (QED) is 0.560. The Morgan fingerprint density at radius 3 is 2.56 bits per heavy atom. The Labute approximate surface area is 178 Å². The predicted octanol–water partition coefficient (Wildman–Crippen LogP) is 1.22. The van der Waals surface area contributed by atoms with Gasteiger partial charge in [-0.15, -0.1) is 13.2 Å². The third-order valence-corrected chi connectivity index (χ3v) is 6.66. The van der Waals surface area contributed by atoms with E-state index in [-0.39, 0.29) is 24.5 Å². The third kappa shape index (κ3) is 4.29. The second kappa shape index (κ2) is 7.90. The molecule has 1 atom stereocenters. The van der Waals surface area contributed by atoms with Crippen LogP contribution in [-0.4, -0.2) is 75.8 Å². The van der Waals surface area contributed by atoms with Crippen LogP contribution < -0.4 is 9.64 Å². The number of benzene rings is 1. The molecule has 2 N–H and O–H groups in total. The van der Waals surface area contributed by atoms with Gasteiger partial charge in [-0.25, -0.2) is 23.4 Å². The maximum Gasteiger partial charge on any atom is 0.573 e. The van der Waals surface area contributed by atoms with Crippen LogP contribution in [0.25, 0.3) is 11.3 Å². The lowest BCUT2D eigenvalue weighted by Crippen LogP contribution is -2.58. The molecule has 32 heavy (non-hydrogen) atoms. The molecule has 1 fully saturated rings. The summed E-state index contributed by atoms with van der Waals surface area (Å²) >= 11 is 0. The average Bonchev–Trinajstić information content (AvgIpc) is 3.20. The van der Waals surface area contributed by atoms with Crippen LogP contribution in [0.15, 0.2) is 41.7 Å². The Bertz CT molecular complexity index is 1250. The predicted molar refractivity (Wildman–Crippen MR) is 102 cm³/mol. The van der Waals surface area contributed by atoms with Gasteiger partial charge in [0.25, 0.3) is 0 Å². The first kappa shape index (κ1) is 21.8. The van der Waals surface area contributed by atoms with E-state index in [2.05, 4.69) is 24.7 Å². The Morgan fingerprint density at radius 1 is 1.19 bits per heavy atom. The average molecular weight is 472 g/mol. The van der Waals surface area contributed by atoms with Crippen LogP contribution >= 0.6 is 0 Å². The van der Waals surface area contributed by atoms with Crippen molar-refractivity contribution in [2.45, 2.75) is 17.3 Å². The monoisotopic (exact) mass is 472 g/mol. The highest BCUT2D eigenvalue weighted by molar-refractivity contribution is 7.89. The van der Waals surface area contributed by atoms with Crippen LogP contribution in [0, 0.1) is 0 Å². The van der Waals surface area contributed by atoms with Gasteiger partial charge in [0.2, 0.25) is 10.0 Å². The zero-order valence-corrected chi connectivity index (χ0v) is 16.8. The highest BCUT2D eigenvalue weighted by Gasteiger charge is 2.41. The number of hydrogen-bond donors (Lipinski definition) is 2. The van der Waals surface area contributed by atoms with Crippen molar-refractivity contribution < 1.29 is 36.2 Å². The molecule has 11 nitrogen and oxygen atoms in total. The van der Waals surface area contributed by atoms with Crippen molar-refractivity contribution in [2.24, 2.45) is 0 Å². The van der Waals surface area contributed by atoms with E-state index in [1.54, 1.807) is 4.90 Å². The van der Waals surface area contributed by atoms with Crippen molar-refractivity contribution in [3.05, 3.63) is 36.8 Å². The number of H-pyrrole nitrogens is 1. The minimum Gasteiger partial charge on any atom is -0.480 e. The number of alkyl halides is 3. The SMILES string of the molecule is O=C(O)[C@H]1CN(c2cnc3nc[nH]c3n2)CCN1S(=O)(=O)c1ccc(OC(F)(F)F)cc1. The molecule has 0 amide bonds. The van der Waals surface area contributed by atoms with Crippen LogP contribution in [0.3, 0.4) is 0 Å². The first-order valence-electron chi connectivity index (χ1n) is 9.06. The van der Waals surface area contributed by atoms with Crippen LogP contribution in [0.1, 0.15) is 0 Å². The van der Waals surface area contributed by atoms with Gasteiger partial charge in [0, 0.05) is 19.6 Å². The normalized spacial score (nSPS) is 18.1. The second-order valence-electron chi connectivity index (χ2n) is 6.74. The van der Waals surface area contributed by atoms with Crippen LogP contribution in [0.5, 0.6) is 5.75 Å². The Morgan fingerprint density at radius 2 is 1.91 bits per heavy atom. The first-order valence-corrected chi connectivity index (χ1v) is 10.5. The summed E-state index contributed by atoms with van der Waals surface area (Å²) in [7, 11) is -4.31. The number of ether oxygens (including phenoxy) is 1. The number of aliphatic carboxylic acids is 1. The fourth-order valence-corrected chi connectivity index (χ4v) is 4.85. The molecule has 0 radical (unpaired) electrons. The van der Waals surface area contributed by atoms with Gasteiger partial charge in [-0.05, 0) is 24.3 Å². The van der Waals surface area contributed by atoms with E-state index < -0.39 is 34.1 Å². The van der Waals surface area contributed by atoms with E-state index in [0.29, 0.717) is 17.1 Å². The molecular weight excluding hydrogens is 457 g/mol. The number of sulfonamides is 1. The molecule has 0 aliphatic carbocycles. The lowest BCUT2D eigenvalue weighted by atomic mass is 10.2. The number of carboxylic acids is 1. The highest BCUT2D eigenvalue weighted by Crippen LogP contribution is 2.28. The van der Waals surface area contributed by atoms with Crippen molar-refractivity contribution >= 4 is 33.1 Å². The van der Waals surface area contributed by atoms with Gasteiger partial charge >= 0.3 is 12.3 Å². The molecule has 1 aliphatic rings. The number of anilines is 1. The number of halogens is 3. The van der Waals surface area contributed by atoms with E-state index in [0.717, 1.165) is 28.6 Å². The number of rotatable bonds is 5. The summed E-state index contributed by atoms with van der Waals surface area (Å²) in [6.07, 6.45) is -2.11. The fraction of sp³-hybridized carbons (Fsp3) is 0.294. The van der Waals surface area contributed by atoms with Crippen molar-refractivity contribution in [2.75, 3.05) is 24.5 Å². The van der Waals surface area contributed by atoms with Gasteiger partial charge in [-0.2, -0.15) is 4.31 Å². The summed E-state index contributed by atoms with van der Waals surface area (Å²) in [6, 6.07) is 2.10. The highest BCUT2D eigenvalue weighted by atomic mass is 32.2. The molecule has 170 valence electrons. The molecule has 0 spiro atoms. The van der Waals surface area contributed by atoms with E-state index >= 15 is 0 Å². The summed E-state index contributed by atoms with van der Waals surface area (Å²) in [6.45, 7) is -0.284. The number of carbonyl (C=O) groups is 1. The third-order valence-electron chi connectivity index (χ3n) is 4.73. The second-order valence-corrected chi connectivity index (χ2v) is 8.63. The lowest BCUT2D eigenvalue weighted by Gasteiger charge is -2.38. The van der Waals surface area contributed by atoms with Gasteiger partial charge in [-0.3, -0.25) is 4.79 Å². The summed E-state index contributed by atoms with van der Waals surface area (Å²) in [5.74, 6) is -1.63. The van der Waals surface area contributed by atoms with Gasteiger partial charge in [0.1, 0.15) is 17.6 Å². The summed E-state index contributed by atoms with van der Waals surface area (Å²) < 4.78 is 67.5. The van der Waals surface area contributed by atoms with E-state index in [1.807, 2.05) is 0 Å². The number of aromatic amines is 1. The largest absolute Gasteiger partial charge is 0.573 e. The van der Waals surface area contributed by atoms with Crippen LogP contribution in [0.4, 0.5) is 19.0 Å². The molecule has 4 rings (SSSR count). The minimum atomic E-state index is -4.92. The number of nitrogens with zero attached hydrogens (tertiary/aromatic N) is 5. The van der Waals surface area contributed by atoms with E-state index in [9.17, 15) is 31.5 Å². The number of piperazine rings is 1. The molecule has 0 unspecified atom stereocenters. The van der Waals surface area contributed by atoms with Crippen molar-refractivity contribution in [1.29, 1.82) is 0 Å². The lowest BCUT2D eigenvalue weighted by molar-refractivity contribution is -0.274. The Kier molecular flexibility index (Phi) is 5.37. The minimum absolute atomic E-state index is 0.118. The maximum absolute atomic E-state index is 13.0. The van der Waals surface area contributed by atoms with Crippen LogP contribution in [-0.2, 0) is 14.8 Å². The number of carboxylic acid groups (broad SMARTS) is 1.